The van der Waals surface area contributed by atoms with Crippen molar-refractivity contribution < 1.29 is 9.59 Å². The maximum Gasteiger partial charge on any atom is 0.318 e. The van der Waals surface area contributed by atoms with Crippen LogP contribution in [0.4, 0.5) is 4.79 Å². The Morgan fingerprint density at radius 2 is 2.00 bits per heavy atom. The Labute approximate surface area is 150 Å². The van der Waals surface area contributed by atoms with Gasteiger partial charge in [0.15, 0.2) is 5.16 Å². The molecule has 0 radical (unpaired) electrons. The average Bonchev–Trinajstić information content (AvgIpc) is 3.04. The van der Waals surface area contributed by atoms with Gasteiger partial charge in [0.25, 0.3) is 5.56 Å². The molecule has 0 aliphatic heterocycles. The highest BCUT2D eigenvalue weighted by molar-refractivity contribution is 8.00. The summed E-state index contributed by atoms with van der Waals surface area (Å²) >= 11 is 2.44. The number of nitrogens with two attached hydrogens (primary N) is 1. The van der Waals surface area contributed by atoms with Crippen molar-refractivity contribution in [2.45, 2.75) is 17.3 Å². The number of carbonyl (C=O) groups excluding carboxylic acids is 2. The van der Waals surface area contributed by atoms with Crippen molar-refractivity contribution in [2.24, 2.45) is 5.73 Å². The van der Waals surface area contributed by atoms with E-state index in [0.717, 1.165) is 11.8 Å². The lowest BCUT2D eigenvalue weighted by molar-refractivity contribution is -0.119. The third-order valence-electron chi connectivity index (χ3n) is 3.38. The van der Waals surface area contributed by atoms with Gasteiger partial charge < -0.3 is 5.73 Å². The number of aromatic nitrogens is 2. The van der Waals surface area contributed by atoms with E-state index < -0.39 is 17.2 Å². The zero-order valence-corrected chi connectivity index (χ0v) is 14.8. The molecule has 3 N–H and O–H groups in total. The first-order chi connectivity index (χ1) is 12.0. The van der Waals surface area contributed by atoms with Crippen molar-refractivity contribution in [3.63, 3.8) is 0 Å². The fraction of sp³-hybridized carbons (Fsp3) is 0.125. The van der Waals surface area contributed by atoms with Crippen molar-refractivity contribution in [1.29, 1.82) is 0 Å². The minimum Gasteiger partial charge on any atom is -0.351 e. The van der Waals surface area contributed by atoms with Crippen molar-refractivity contribution in [1.82, 2.24) is 14.9 Å². The molecule has 0 saturated heterocycles. The van der Waals surface area contributed by atoms with Crippen LogP contribution in [-0.4, -0.2) is 26.7 Å². The molecule has 1 aromatic carbocycles. The number of carbonyl (C=O) groups is 2. The van der Waals surface area contributed by atoms with Crippen LogP contribution in [0.2, 0.25) is 0 Å². The molecule has 0 bridgehead atoms. The Balaban J connectivity index is 2.09. The molecular formula is C16H14N4O3S2. The maximum absolute atomic E-state index is 12.9. The Kier molecular flexibility index (Phi) is 4.86. The highest BCUT2D eigenvalue weighted by atomic mass is 32.2. The number of rotatable bonds is 4. The molecule has 1 atom stereocenters. The molecule has 3 aromatic rings. The lowest BCUT2D eigenvalue weighted by Gasteiger charge is -2.15. The fourth-order valence-corrected chi connectivity index (χ4v) is 3.95. The van der Waals surface area contributed by atoms with Crippen LogP contribution in [-0.2, 0) is 4.79 Å². The summed E-state index contributed by atoms with van der Waals surface area (Å²) in [5, 5.41) is 4.07. The Morgan fingerprint density at radius 3 is 2.68 bits per heavy atom. The summed E-state index contributed by atoms with van der Waals surface area (Å²) in [4.78, 5) is 40.8. The molecule has 9 heteroatoms. The number of imide groups is 1. The highest BCUT2D eigenvalue weighted by Crippen LogP contribution is 2.26. The largest absolute Gasteiger partial charge is 0.351 e. The number of fused-ring (bicyclic) bond motifs is 1. The van der Waals surface area contributed by atoms with Crippen LogP contribution in [0.5, 0.6) is 0 Å². The van der Waals surface area contributed by atoms with E-state index in [-0.39, 0.29) is 5.56 Å². The van der Waals surface area contributed by atoms with Crippen molar-refractivity contribution in [3.8, 4) is 5.69 Å². The van der Waals surface area contributed by atoms with E-state index in [1.165, 1.54) is 15.9 Å². The first-order valence-electron chi connectivity index (χ1n) is 7.30. The summed E-state index contributed by atoms with van der Waals surface area (Å²) in [5.74, 6) is -0.544. The quantitative estimate of drug-likeness (QED) is 0.537. The zero-order valence-electron chi connectivity index (χ0n) is 13.1. The maximum atomic E-state index is 12.9. The zero-order chi connectivity index (χ0) is 18.0. The number of nitrogens with zero attached hydrogens (tertiary/aromatic N) is 2. The first-order valence-corrected chi connectivity index (χ1v) is 9.06. The number of para-hydroxylation sites is 1. The minimum atomic E-state index is -0.917. The molecule has 128 valence electrons. The van der Waals surface area contributed by atoms with E-state index in [2.05, 4.69) is 4.98 Å². The van der Waals surface area contributed by atoms with Crippen molar-refractivity contribution in [3.05, 3.63) is 52.1 Å². The Hall–Kier alpha value is -2.65. The molecule has 0 aliphatic carbocycles. The minimum absolute atomic E-state index is 0.206. The molecule has 3 amide bonds. The molecule has 0 spiro atoms. The van der Waals surface area contributed by atoms with Gasteiger partial charge in [-0.25, -0.2) is 9.78 Å². The topological polar surface area (TPSA) is 107 Å². The molecule has 0 fully saturated rings. The standard InChI is InChI=1S/C16H14N4O3S2/c1-9(12(21)18-15(17)23)25-16-19-13-11(7-8-24-13)14(22)20(16)10-5-3-2-4-6-10/h2-9H,1H3,(H3,17,18,21,23)/t9-/m1/s1. The molecule has 0 saturated carbocycles. The molecular weight excluding hydrogens is 360 g/mol. The smallest absolute Gasteiger partial charge is 0.318 e. The average molecular weight is 374 g/mol. The van der Waals surface area contributed by atoms with Gasteiger partial charge in [-0.05, 0) is 30.5 Å². The summed E-state index contributed by atoms with van der Waals surface area (Å²) < 4.78 is 1.47. The van der Waals surface area contributed by atoms with Gasteiger partial charge in [0, 0.05) is 0 Å². The lowest BCUT2D eigenvalue weighted by Crippen LogP contribution is -2.39. The molecule has 0 unspecified atom stereocenters. The molecule has 0 aliphatic rings. The number of primary amides is 1. The van der Waals surface area contributed by atoms with Gasteiger partial charge in [0.2, 0.25) is 5.91 Å². The predicted molar refractivity (Wildman–Crippen MR) is 98.3 cm³/mol. The van der Waals surface area contributed by atoms with E-state index in [4.69, 9.17) is 5.73 Å². The molecule has 25 heavy (non-hydrogen) atoms. The van der Waals surface area contributed by atoms with Crippen LogP contribution in [0, 0.1) is 0 Å². The van der Waals surface area contributed by atoms with Gasteiger partial charge in [-0.2, -0.15) is 0 Å². The summed E-state index contributed by atoms with van der Waals surface area (Å²) in [6, 6.07) is 9.88. The van der Waals surface area contributed by atoms with Gasteiger partial charge >= 0.3 is 6.03 Å². The van der Waals surface area contributed by atoms with Crippen LogP contribution in [0.3, 0.4) is 0 Å². The second-order valence-corrected chi connectivity index (χ2v) is 7.33. The van der Waals surface area contributed by atoms with E-state index >= 15 is 0 Å². The van der Waals surface area contributed by atoms with Crippen molar-refractivity contribution in [2.75, 3.05) is 0 Å². The molecule has 3 rings (SSSR count). The van der Waals surface area contributed by atoms with Gasteiger partial charge in [0.1, 0.15) is 4.83 Å². The van der Waals surface area contributed by atoms with E-state index in [9.17, 15) is 14.4 Å². The third-order valence-corrected chi connectivity index (χ3v) is 5.24. The SMILES string of the molecule is C[C@@H](Sc1nc2sccc2c(=O)n1-c1ccccc1)C(=O)NC(N)=O. The number of thioether (sulfide) groups is 1. The first kappa shape index (κ1) is 17.2. The number of hydrogen-bond donors (Lipinski definition) is 2. The molecule has 2 aromatic heterocycles. The normalized spacial score (nSPS) is 12.0. The fourth-order valence-electron chi connectivity index (χ4n) is 2.21. The number of amides is 3. The van der Waals surface area contributed by atoms with E-state index in [1.54, 1.807) is 30.5 Å². The van der Waals surface area contributed by atoms with Crippen molar-refractivity contribution >= 4 is 45.3 Å². The highest BCUT2D eigenvalue weighted by Gasteiger charge is 2.21. The molecule has 7 nitrogen and oxygen atoms in total. The number of benzene rings is 1. The predicted octanol–water partition coefficient (Wildman–Crippen LogP) is 2.12. The summed E-state index contributed by atoms with van der Waals surface area (Å²) in [5.41, 5.74) is 5.43. The number of hydrogen-bond acceptors (Lipinski definition) is 6. The molecule has 2 heterocycles. The summed E-state index contributed by atoms with van der Waals surface area (Å²) in [6.07, 6.45) is 0. The summed E-state index contributed by atoms with van der Waals surface area (Å²) in [7, 11) is 0. The van der Waals surface area contributed by atoms with Gasteiger partial charge in [-0.1, -0.05) is 30.0 Å². The number of urea groups is 1. The second kappa shape index (κ2) is 7.08. The van der Waals surface area contributed by atoms with Crippen LogP contribution in [0.25, 0.3) is 15.9 Å². The number of thiophene rings is 1. The Morgan fingerprint density at radius 1 is 1.28 bits per heavy atom. The van der Waals surface area contributed by atoms with Crippen LogP contribution in [0.1, 0.15) is 6.92 Å². The number of nitrogens with one attached hydrogen (secondary N) is 1. The Bertz CT molecular complexity index is 998. The monoisotopic (exact) mass is 374 g/mol. The third kappa shape index (κ3) is 3.57. The lowest BCUT2D eigenvalue weighted by atomic mass is 10.3. The van der Waals surface area contributed by atoms with Crippen LogP contribution >= 0.6 is 23.1 Å². The van der Waals surface area contributed by atoms with Gasteiger partial charge in [0.05, 0.1) is 16.3 Å². The van der Waals surface area contributed by atoms with Crippen LogP contribution in [0.15, 0.2) is 51.7 Å². The van der Waals surface area contributed by atoms with E-state index in [1.807, 2.05) is 23.5 Å². The van der Waals surface area contributed by atoms with Crippen LogP contribution < -0.4 is 16.6 Å². The summed E-state index contributed by atoms with van der Waals surface area (Å²) in [6.45, 7) is 1.61. The van der Waals surface area contributed by atoms with Gasteiger partial charge in [-0.3, -0.25) is 19.5 Å². The van der Waals surface area contributed by atoms with Gasteiger partial charge in [-0.15, -0.1) is 11.3 Å². The van der Waals surface area contributed by atoms with E-state index in [0.29, 0.717) is 21.1 Å². The second-order valence-electron chi connectivity index (χ2n) is 5.12.